The van der Waals surface area contributed by atoms with E-state index in [9.17, 15) is 8.42 Å². The van der Waals surface area contributed by atoms with Crippen molar-refractivity contribution in [1.82, 2.24) is 14.1 Å². The summed E-state index contributed by atoms with van der Waals surface area (Å²) in [5.41, 5.74) is 2.25. The van der Waals surface area contributed by atoms with Gasteiger partial charge < -0.3 is 0 Å². The molecule has 2 aromatic rings. The second-order valence-corrected chi connectivity index (χ2v) is 7.75. The Kier molecular flexibility index (Phi) is 4.94. The number of hydrogen-bond acceptors (Lipinski definition) is 3. The van der Waals surface area contributed by atoms with Crippen LogP contribution in [0.2, 0.25) is 5.02 Å². The first-order valence-corrected chi connectivity index (χ1v) is 8.82. The Labute approximate surface area is 136 Å². The van der Waals surface area contributed by atoms with Crippen molar-refractivity contribution in [2.75, 3.05) is 7.05 Å². The summed E-state index contributed by atoms with van der Waals surface area (Å²) in [6.45, 7) is 6.57. The topological polar surface area (TPSA) is 55.2 Å². The number of sulfonamides is 1. The van der Waals surface area contributed by atoms with Crippen molar-refractivity contribution >= 4 is 21.6 Å². The van der Waals surface area contributed by atoms with Crippen molar-refractivity contribution in [3.8, 4) is 0 Å². The van der Waals surface area contributed by atoms with Crippen LogP contribution in [-0.4, -0.2) is 29.6 Å². The smallest absolute Gasteiger partial charge is 0.243 e. The van der Waals surface area contributed by atoms with Crippen LogP contribution in [0.1, 0.15) is 23.6 Å². The number of halogens is 1. The minimum atomic E-state index is -3.57. The molecule has 0 saturated carbocycles. The average Bonchev–Trinajstić information content (AvgIpc) is 2.90. The van der Waals surface area contributed by atoms with E-state index >= 15 is 0 Å². The van der Waals surface area contributed by atoms with Gasteiger partial charge in [0.2, 0.25) is 10.0 Å². The summed E-state index contributed by atoms with van der Waals surface area (Å²) >= 11 is 6.04. The molecule has 5 nitrogen and oxygen atoms in total. The maximum Gasteiger partial charge on any atom is 0.243 e. The molecule has 0 bridgehead atoms. The molecular formula is C15H20ClN3O2S. The molecule has 7 heteroatoms. The van der Waals surface area contributed by atoms with Gasteiger partial charge >= 0.3 is 0 Å². The van der Waals surface area contributed by atoms with Crippen molar-refractivity contribution in [2.24, 2.45) is 0 Å². The second-order valence-electron chi connectivity index (χ2n) is 5.33. The Balaban J connectivity index is 2.31. The predicted molar refractivity (Wildman–Crippen MR) is 87.5 cm³/mol. The van der Waals surface area contributed by atoms with Crippen LogP contribution >= 0.6 is 11.6 Å². The fraction of sp³-hybridized carbons (Fsp3) is 0.400. The lowest BCUT2D eigenvalue weighted by molar-refractivity contribution is 0.466. The van der Waals surface area contributed by atoms with Crippen LogP contribution in [0.4, 0.5) is 0 Å². The van der Waals surface area contributed by atoms with Gasteiger partial charge in [-0.25, -0.2) is 8.42 Å². The Morgan fingerprint density at radius 3 is 2.55 bits per heavy atom. The number of rotatable bonds is 5. The third-order valence-corrected chi connectivity index (χ3v) is 5.91. The van der Waals surface area contributed by atoms with Gasteiger partial charge in [-0.1, -0.05) is 11.6 Å². The number of benzene rings is 1. The molecule has 0 radical (unpaired) electrons. The van der Waals surface area contributed by atoms with E-state index in [4.69, 9.17) is 11.6 Å². The lowest BCUT2D eigenvalue weighted by Gasteiger charge is -2.18. The fourth-order valence-corrected chi connectivity index (χ4v) is 3.87. The van der Waals surface area contributed by atoms with Gasteiger partial charge in [-0.3, -0.25) is 4.68 Å². The highest BCUT2D eigenvalue weighted by Crippen LogP contribution is 2.26. The van der Waals surface area contributed by atoms with Crippen LogP contribution < -0.4 is 0 Å². The lowest BCUT2D eigenvalue weighted by Crippen LogP contribution is -2.27. The molecule has 0 fully saturated rings. The maximum absolute atomic E-state index is 12.8. The molecule has 0 aliphatic heterocycles. The zero-order valence-electron chi connectivity index (χ0n) is 13.2. The van der Waals surface area contributed by atoms with Crippen molar-refractivity contribution < 1.29 is 8.42 Å². The minimum Gasteiger partial charge on any atom is -0.273 e. The summed E-state index contributed by atoms with van der Waals surface area (Å²) in [6, 6.07) is 3.31. The zero-order valence-corrected chi connectivity index (χ0v) is 14.7. The van der Waals surface area contributed by atoms with E-state index in [-0.39, 0.29) is 6.54 Å². The average molecular weight is 342 g/mol. The first-order valence-electron chi connectivity index (χ1n) is 7.00. The highest BCUT2D eigenvalue weighted by Gasteiger charge is 2.24. The van der Waals surface area contributed by atoms with Crippen LogP contribution in [-0.2, 0) is 23.1 Å². The molecule has 0 N–H and O–H groups in total. The molecule has 1 heterocycles. The van der Waals surface area contributed by atoms with Gasteiger partial charge in [0.1, 0.15) is 0 Å². The lowest BCUT2D eigenvalue weighted by atomic mass is 10.2. The molecule has 120 valence electrons. The third kappa shape index (κ3) is 3.34. The van der Waals surface area contributed by atoms with Crippen molar-refractivity contribution in [1.29, 1.82) is 0 Å². The van der Waals surface area contributed by atoms with E-state index in [1.54, 1.807) is 43.9 Å². The van der Waals surface area contributed by atoms with Crippen LogP contribution in [0.3, 0.4) is 0 Å². The summed E-state index contributed by atoms with van der Waals surface area (Å²) in [5, 5.41) is 4.74. The summed E-state index contributed by atoms with van der Waals surface area (Å²) in [4.78, 5) is 0.291. The largest absolute Gasteiger partial charge is 0.273 e. The van der Waals surface area contributed by atoms with E-state index in [2.05, 4.69) is 5.10 Å². The van der Waals surface area contributed by atoms with Gasteiger partial charge in [-0.05, 0) is 44.0 Å². The Morgan fingerprint density at radius 2 is 1.95 bits per heavy atom. The van der Waals surface area contributed by atoms with E-state index in [1.165, 1.54) is 4.31 Å². The van der Waals surface area contributed by atoms with E-state index in [1.807, 2.05) is 13.1 Å². The van der Waals surface area contributed by atoms with Crippen molar-refractivity contribution in [3.05, 3.63) is 46.2 Å². The van der Waals surface area contributed by atoms with Gasteiger partial charge in [0.05, 0.1) is 11.1 Å². The molecule has 0 saturated heterocycles. The molecule has 0 aliphatic rings. The molecule has 0 aliphatic carbocycles. The molecular weight excluding hydrogens is 322 g/mol. The zero-order chi connectivity index (χ0) is 16.5. The highest BCUT2D eigenvalue weighted by molar-refractivity contribution is 7.89. The number of aromatic nitrogens is 2. The van der Waals surface area contributed by atoms with Gasteiger partial charge in [0.25, 0.3) is 0 Å². The molecule has 22 heavy (non-hydrogen) atoms. The molecule has 2 rings (SSSR count). The van der Waals surface area contributed by atoms with Gasteiger partial charge in [0.15, 0.2) is 0 Å². The van der Waals surface area contributed by atoms with E-state index in [0.29, 0.717) is 15.5 Å². The maximum atomic E-state index is 12.8. The SMILES string of the molecule is CCn1cc(CN(C)S(=O)(=O)c2cc(C)c(Cl)cc2C)cn1. The second kappa shape index (κ2) is 6.40. The summed E-state index contributed by atoms with van der Waals surface area (Å²) in [5.74, 6) is 0. The molecule has 1 aromatic heterocycles. The first-order chi connectivity index (χ1) is 10.3. The summed E-state index contributed by atoms with van der Waals surface area (Å²) in [6.07, 6.45) is 3.54. The highest BCUT2D eigenvalue weighted by atomic mass is 35.5. The van der Waals surface area contributed by atoms with Crippen LogP contribution in [0, 0.1) is 13.8 Å². The summed E-state index contributed by atoms with van der Waals surface area (Å²) < 4.78 is 28.6. The minimum absolute atomic E-state index is 0.281. The van der Waals surface area contributed by atoms with Gasteiger partial charge in [-0.2, -0.15) is 9.40 Å². The Hall–Kier alpha value is -1.37. The van der Waals surface area contributed by atoms with Crippen molar-refractivity contribution in [2.45, 2.75) is 38.8 Å². The monoisotopic (exact) mass is 341 g/mol. The molecule has 0 amide bonds. The van der Waals surface area contributed by atoms with Gasteiger partial charge in [-0.15, -0.1) is 0 Å². The molecule has 0 atom stereocenters. The Bertz CT molecular complexity index is 784. The normalized spacial score (nSPS) is 12.1. The molecule has 0 spiro atoms. The van der Waals surface area contributed by atoms with Gasteiger partial charge in [0, 0.05) is 36.9 Å². The standard InChI is InChI=1S/C15H20ClN3O2S/c1-5-19-10-13(8-17-19)9-18(4)22(20,21)15-7-11(2)14(16)6-12(15)3/h6-8,10H,5,9H2,1-4H3. The van der Waals surface area contributed by atoms with Crippen LogP contribution in [0.5, 0.6) is 0 Å². The third-order valence-electron chi connectivity index (χ3n) is 3.56. The van der Waals surface area contributed by atoms with Crippen LogP contribution in [0.25, 0.3) is 0 Å². The van der Waals surface area contributed by atoms with E-state index < -0.39 is 10.0 Å². The number of aryl methyl sites for hydroxylation is 3. The predicted octanol–water partition coefficient (Wildman–Crippen LogP) is 2.99. The fourth-order valence-electron chi connectivity index (χ4n) is 2.20. The first kappa shape index (κ1) is 17.0. The van der Waals surface area contributed by atoms with E-state index in [0.717, 1.165) is 17.7 Å². The number of nitrogens with zero attached hydrogens (tertiary/aromatic N) is 3. The summed E-state index contributed by atoms with van der Waals surface area (Å²) in [7, 11) is -2.00. The Morgan fingerprint density at radius 1 is 1.27 bits per heavy atom. The molecule has 1 aromatic carbocycles. The molecule has 0 unspecified atom stereocenters. The van der Waals surface area contributed by atoms with Crippen LogP contribution in [0.15, 0.2) is 29.4 Å². The van der Waals surface area contributed by atoms with Crippen molar-refractivity contribution in [3.63, 3.8) is 0 Å². The quantitative estimate of drug-likeness (QED) is 0.840. The number of hydrogen-bond donors (Lipinski definition) is 0.